The van der Waals surface area contributed by atoms with Gasteiger partial charge in [0.2, 0.25) is 5.95 Å². The molecule has 10 heteroatoms. The SMILES string of the molecule is O=C(N1CCOCC1)N1CCN(c2nccc3nc(NCc4ccccc4Cl)ncc23)CC1. The number of aromatic nitrogens is 3. The Kier molecular flexibility index (Phi) is 6.41. The molecule has 3 aromatic rings. The van der Waals surface area contributed by atoms with Crippen LogP contribution in [0.25, 0.3) is 10.9 Å². The first-order valence-electron chi connectivity index (χ1n) is 11.1. The van der Waals surface area contributed by atoms with Crippen LogP contribution in [-0.4, -0.2) is 83.3 Å². The van der Waals surface area contributed by atoms with Gasteiger partial charge in [-0.2, -0.15) is 0 Å². The standard InChI is InChI=1S/C23H26ClN7O2/c24-19-4-2-1-3-17(19)15-26-22-27-16-18-20(28-22)5-6-25-21(18)29-7-9-30(10-8-29)23(32)31-11-13-33-14-12-31/h1-6,16H,7-15H2,(H,26,27,28). The summed E-state index contributed by atoms with van der Waals surface area (Å²) in [5.41, 5.74) is 1.81. The summed E-state index contributed by atoms with van der Waals surface area (Å²) in [4.78, 5) is 32.5. The number of hydrogen-bond donors (Lipinski definition) is 1. The average molecular weight is 468 g/mol. The Morgan fingerprint density at radius 3 is 2.55 bits per heavy atom. The third-order valence-corrected chi connectivity index (χ3v) is 6.38. The van der Waals surface area contributed by atoms with Gasteiger partial charge in [0, 0.05) is 63.2 Å². The van der Waals surface area contributed by atoms with Gasteiger partial charge in [0.1, 0.15) is 5.82 Å². The predicted molar refractivity (Wildman–Crippen MR) is 128 cm³/mol. The molecule has 0 unspecified atom stereocenters. The molecule has 33 heavy (non-hydrogen) atoms. The maximum Gasteiger partial charge on any atom is 0.320 e. The molecular formula is C23H26ClN7O2. The number of piperazine rings is 1. The van der Waals surface area contributed by atoms with Gasteiger partial charge in [-0.25, -0.2) is 19.7 Å². The monoisotopic (exact) mass is 467 g/mol. The van der Waals surface area contributed by atoms with E-state index in [0.717, 1.165) is 22.3 Å². The molecule has 2 aliphatic rings. The van der Waals surface area contributed by atoms with Crippen LogP contribution in [0.3, 0.4) is 0 Å². The number of nitrogens with zero attached hydrogens (tertiary/aromatic N) is 6. The van der Waals surface area contributed by atoms with Crippen LogP contribution in [0.15, 0.2) is 42.7 Å². The Bertz CT molecular complexity index is 1130. The van der Waals surface area contributed by atoms with E-state index in [0.29, 0.717) is 70.0 Å². The zero-order valence-electron chi connectivity index (χ0n) is 18.3. The normalized spacial score (nSPS) is 16.8. The number of ether oxygens (including phenoxy) is 1. The highest BCUT2D eigenvalue weighted by atomic mass is 35.5. The number of fused-ring (bicyclic) bond motifs is 1. The van der Waals surface area contributed by atoms with E-state index in [1.165, 1.54) is 0 Å². The Hall–Kier alpha value is -3.17. The largest absolute Gasteiger partial charge is 0.378 e. The van der Waals surface area contributed by atoms with Crippen molar-refractivity contribution in [1.82, 2.24) is 24.8 Å². The molecule has 1 aromatic carbocycles. The van der Waals surface area contributed by atoms with Crippen molar-refractivity contribution in [1.29, 1.82) is 0 Å². The number of morpholine rings is 1. The van der Waals surface area contributed by atoms with Gasteiger partial charge in [-0.1, -0.05) is 29.8 Å². The van der Waals surface area contributed by atoms with E-state index in [-0.39, 0.29) is 6.03 Å². The van der Waals surface area contributed by atoms with Crippen molar-refractivity contribution in [3.8, 4) is 0 Å². The first-order chi connectivity index (χ1) is 16.2. The van der Waals surface area contributed by atoms with Crippen LogP contribution >= 0.6 is 11.6 Å². The fourth-order valence-corrected chi connectivity index (χ4v) is 4.36. The summed E-state index contributed by atoms with van der Waals surface area (Å²) in [6, 6.07) is 9.69. The fraction of sp³-hybridized carbons (Fsp3) is 0.391. The van der Waals surface area contributed by atoms with Gasteiger partial charge in [0.05, 0.1) is 24.1 Å². The molecule has 2 aromatic heterocycles. The van der Waals surface area contributed by atoms with Gasteiger partial charge in [0.15, 0.2) is 0 Å². The van der Waals surface area contributed by atoms with Gasteiger partial charge in [0.25, 0.3) is 0 Å². The molecule has 0 radical (unpaired) electrons. The fourth-order valence-electron chi connectivity index (χ4n) is 4.16. The van der Waals surface area contributed by atoms with Gasteiger partial charge in [-0.05, 0) is 17.7 Å². The third kappa shape index (κ3) is 4.79. The Morgan fingerprint density at radius 2 is 1.76 bits per heavy atom. The van der Waals surface area contributed by atoms with E-state index in [1.807, 2.05) is 46.3 Å². The van der Waals surface area contributed by atoms with Crippen LogP contribution in [0.1, 0.15) is 5.56 Å². The Morgan fingerprint density at radius 1 is 1.00 bits per heavy atom. The van der Waals surface area contributed by atoms with Gasteiger partial charge < -0.3 is 24.8 Å². The summed E-state index contributed by atoms with van der Waals surface area (Å²) >= 11 is 6.24. The van der Waals surface area contributed by atoms with Crippen molar-refractivity contribution in [3.63, 3.8) is 0 Å². The molecule has 0 aliphatic carbocycles. The van der Waals surface area contributed by atoms with E-state index in [1.54, 1.807) is 6.20 Å². The van der Waals surface area contributed by atoms with Crippen molar-refractivity contribution in [2.75, 3.05) is 62.7 Å². The van der Waals surface area contributed by atoms with E-state index < -0.39 is 0 Å². The van der Waals surface area contributed by atoms with E-state index in [4.69, 9.17) is 16.3 Å². The van der Waals surface area contributed by atoms with Crippen LogP contribution in [0.2, 0.25) is 5.02 Å². The lowest BCUT2D eigenvalue weighted by Gasteiger charge is -2.39. The molecule has 5 rings (SSSR count). The number of pyridine rings is 1. The smallest absolute Gasteiger partial charge is 0.320 e. The van der Waals surface area contributed by atoms with Crippen LogP contribution in [0, 0.1) is 0 Å². The summed E-state index contributed by atoms with van der Waals surface area (Å²) in [7, 11) is 0. The summed E-state index contributed by atoms with van der Waals surface area (Å²) in [5, 5.41) is 4.85. The molecular weight excluding hydrogens is 442 g/mol. The lowest BCUT2D eigenvalue weighted by Crippen LogP contribution is -2.55. The van der Waals surface area contributed by atoms with E-state index in [9.17, 15) is 4.79 Å². The molecule has 2 fully saturated rings. The van der Waals surface area contributed by atoms with Crippen molar-refractivity contribution >= 4 is 40.3 Å². The van der Waals surface area contributed by atoms with Crippen molar-refractivity contribution < 1.29 is 9.53 Å². The molecule has 2 aliphatic heterocycles. The number of nitrogens with one attached hydrogen (secondary N) is 1. The Labute approximate surface area is 197 Å². The highest BCUT2D eigenvalue weighted by Gasteiger charge is 2.27. The maximum atomic E-state index is 12.8. The number of rotatable bonds is 4. The molecule has 1 N–H and O–H groups in total. The molecule has 172 valence electrons. The van der Waals surface area contributed by atoms with Gasteiger partial charge in [-0.3, -0.25) is 0 Å². The second-order valence-corrected chi connectivity index (χ2v) is 8.47. The predicted octanol–water partition coefficient (Wildman–Crippen LogP) is 2.86. The number of urea groups is 1. The van der Waals surface area contributed by atoms with Crippen molar-refractivity contribution in [3.05, 3.63) is 53.3 Å². The highest BCUT2D eigenvalue weighted by molar-refractivity contribution is 6.31. The van der Waals surface area contributed by atoms with Crippen LogP contribution in [0.4, 0.5) is 16.6 Å². The number of amides is 2. The minimum Gasteiger partial charge on any atom is -0.378 e. The lowest BCUT2D eigenvalue weighted by atomic mass is 10.2. The quantitative estimate of drug-likeness (QED) is 0.631. The summed E-state index contributed by atoms with van der Waals surface area (Å²) in [6.45, 7) is 5.84. The summed E-state index contributed by atoms with van der Waals surface area (Å²) in [6.07, 6.45) is 3.58. The number of anilines is 2. The van der Waals surface area contributed by atoms with Crippen LogP contribution in [-0.2, 0) is 11.3 Å². The summed E-state index contributed by atoms with van der Waals surface area (Å²) in [5.74, 6) is 1.39. The highest BCUT2D eigenvalue weighted by Crippen LogP contribution is 2.25. The number of benzene rings is 1. The second kappa shape index (κ2) is 9.76. The first-order valence-corrected chi connectivity index (χ1v) is 11.5. The topological polar surface area (TPSA) is 86.7 Å². The van der Waals surface area contributed by atoms with Crippen LogP contribution in [0.5, 0.6) is 0 Å². The van der Waals surface area contributed by atoms with Crippen molar-refractivity contribution in [2.45, 2.75) is 6.54 Å². The van der Waals surface area contributed by atoms with Crippen LogP contribution < -0.4 is 10.2 Å². The molecule has 0 atom stereocenters. The maximum absolute atomic E-state index is 12.8. The molecule has 4 heterocycles. The van der Waals surface area contributed by atoms with E-state index >= 15 is 0 Å². The zero-order valence-corrected chi connectivity index (χ0v) is 19.0. The zero-order chi connectivity index (χ0) is 22.6. The van der Waals surface area contributed by atoms with Crippen molar-refractivity contribution in [2.24, 2.45) is 0 Å². The number of halogens is 1. The van der Waals surface area contributed by atoms with Gasteiger partial charge in [-0.15, -0.1) is 0 Å². The molecule has 9 nitrogen and oxygen atoms in total. The van der Waals surface area contributed by atoms with Gasteiger partial charge >= 0.3 is 6.03 Å². The molecule has 2 amide bonds. The average Bonchev–Trinajstić information content (AvgIpc) is 2.88. The lowest BCUT2D eigenvalue weighted by molar-refractivity contribution is 0.0428. The molecule has 2 saturated heterocycles. The Balaban J connectivity index is 1.25. The molecule has 0 spiro atoms. The second-order valence-electron chi connectivity index (χ2n) is 8.06. The third-order valence-electron chi connectivity index (χ3n) is 6.01. The molecule has 0 bridgehead atoms. The van der Waals surface area contributed by atoms with E-state index in [2.05, 4.69) is 25.2 Å². The minimum absolute atomic E-state index is 0.0985. The first kappa shape index (κ1) is 21.7. The number of hydrogen-bond acceptors (Lipinski definition) is 7. The number of carbonyl (C=O) groups excluding carboxylic acids is 1. The summed E-state index contributed by atoms with van der Waals surface area (Å²) < 4.78 is 5.35. The minimum atomic E-state index is 0.0985. The number of carbonyl (C=O) groups is 1. The molecule has 0 saturated carbocycles.